The zero-order valence-electron chi connectivity index (χ0n) is 16.1. The van der Waals surface area contributed by atoms with Gasteiger partial charge in [-0.15, -0.1) is 0 Å². The van der Waals surface area contributed by atoms with Crippen molar-refractivity contribution in [2.75, 3.05) is 25.5 Å². The SMILES string of the molecule is COc1ccc(C)cc1S(=O)(=O)N1CCC(C(=O)Nc2ccc(Cl)cc2Cl)CC1. The molecule has 1 aliphatic heterocycles. The van der Waals surface area contributed by atoms with Crippen molar-refractivity contribution >= 4 is 44.8 Å². The first-order chi connectivity index (χ1) is 13.7. The molecular weight excluding hydrogens is 435 g/mol. The van der Waals surface area contributed by atoms with Crippen molar-refractivity contribution < 1.29 is 17.9 Å². The van der Waals surface area contributed by atoms with Crippen LogP contribution in [-0.2, 0) is 14.8 Å². The maximum atomic E-state index is 13.1. The highest BCUT2D eigenvalue weighted by atomic mass is 35.5. The fourth-order valence-corrected chi connectivity index (χ4v) is 5.47. The van der Waals surface area contributed by atoms with Gasteiger partial charge in [-0.05, 0) is 55.7 Å². The Bertz CT molecular complexity index is 1020. The van der Waals surface area contributed by atoms with Crippen LogP contribution in [0.2, 0.25) is 10.0 Å². The van der Waals surface area contributed by atoms with Gasteiger partial charge in [0.2, 0.25) is 15.9 Å². The second kappa shape index (κ2) is 8.92. The number of nitrogens with zero attached hydrogens (tertiary/aromatic N) is 1. The minimum Gasteiger partial charge on any atom is -0.495 e. The molecule has 0 aromatic heterocycles. The fourth-order valence-electron chi connectivity index (χ4n) is 3.31. The topological polar surface area (TPSA) is 75.7 Å². The van der Waals surface area contributed by atoms with Crippen LogP contribution < -0.4 is 10.1 Å². The number of hydrogen-bond donors (Lipinski definition) is 1. The van der Waals surface area contributed by atoms with Gasteiger partial charge >= 0.3 is 0 Å². The highest BCUT2D eigenvalue weighted by molar-refractivity contribution is 7.89. The van der Waals surface area contributed by atoms with Crippen molar-refractivity contribution in [3.8, 4) is 5.75 Å². The summed E-state index contributed by atoms with van der Waals surface area (Å²) in [7, 11) is -2.26. The van der Waals surface area contributed by atoms with E-state index in [-0.39, 0.29) is 29.8 Å². The average Bonchev–Trinajstić information content (AvgIpc) is 2.70. The molecule has 156 valence electrons. The van der Waals surface area contributed by atoms with Gasteiger partial charge in [-0.1, -0.05) is 29.3 Å². The Labute approximate surface area is 180 Å². The third kappa shape index (κ3) is 4.86. The van der Waals surface area contributed by atoms with E-state index in [2.05, 4.69) is 5.32 Å². The van der Waals surface area contributed by atoms with Gasteiger partial charge in [0.05, 0.1) is 17.8 Å². The zero-order valence-corrected chi connectivity index (χ0v) is 18.4. The molecule has 1 saturated heterocycles. The summed E-state index contributed by atoms with van der Waals surface area (Å²) in [6.07, 6.45) is 0.842. The number of aryl methyl sites for hydroxylation is 1. The minimum atomic E-state index is -3.71. The molecule has 2 aromatic rings. The quantitative estimate of drug-likeness (QED) is 0.725. The molecule has 1 fully saturated rings. The number of sulfonamides is 1. The van der Waals surface area contributed by atoms with Crippen LogP contribution in [0.1, 0.15) is 18.4 Å². The van der Waals surface area contributed by atoms with E-state index >= 15 is 0 Å². The highest BCUT2D eigenvalue weighted by Gasteiger charge is 2.33. The number of methoxy groups -OCH3 is 1. The lowest BCUT2D eigenvalue weighted by Crippen LogP contribution is -2.41. The Morgan fingerprint density at radius 3 is 2.45 bits per heavy atom. The van der Waals surface area contributed by atoms with Crippen molar-refractivity contribution in [1.29, 1.82) is 0 Å². The third-order valence-electron chi connectivity index (χ3n) is 4.95. The van der Waals surface area contributed by atoms with Crippen LogP contribution in [-0.4, -0.2) is 38.8 Å². The number of piperidine rings is 1. The monoisotopic (exact) mass is 456 g/mol. The van der Waals surface area contributed by atoms with Gasteiger partial charge in [-0.25, -0.2) is 8.42 Å². The van der Waals surface area contributed by atoms with E-state index in [4.69, 9.17) is 27.9 Å². The maximum absolute atomic E-state index is 13.1. The summed E-state index contributed by atoms with van der Waals surface area (Å²) in [5, 5.41) is 3.64. The zero-order chi connectivity index (χ0) is 21.2. The minimum absolute atomic E-state index is 0.149. The summed E-state index contributed by atoms with van der Waals surface area (Å²) >= 11 is 12.0. The number of hydrogen-bond acceptors (Lipinski definition) is 4. The van der Waals surface area contributed by atoms with E-state index in [0.717, 1.165) is 5.56 Å². The summed E-state index contributed by atoms with van der Waals surface area (Å²) < 4.78 is 32.8. The molecule has 9 heteroatoms. The number of halogens is 2. The molecule has 0 radical (unpaired) electrons. The molecule has 0 atom stereocenters. The molecule has 2 aromatic carbocycles. The van der Waals surface area contributed by atoms with Crippen LogP contribution >= 0.6 is 23.2 Å². The molecule has 0 saturated carbocycles. The molecule has 1 heterocycles. The lowest BCUT2D eigenvalue weighted by Gasteiger charge is -2.31. The summed E-state index contributed by atoms with van der Waals surface area (Å²) in [6.45, 7) is 2.34. The van der Waals surface area contributed by atoms with Gasteiger partial charge in [-0.2, -0.15) is 4.31 Å². The smallest absolute Gasteiger partial charge is 0.246 e. The Morgan fingerprint density at radius 1 is 1.14 bits per heavy atom. The molecular formula is C20H22Cl2N2O4S. The van der Waals surface area contributed by atoms with Crippen LogP contribution in [0.3, 0.4) is 0 Å². The Balaban J connectivity index is 1.68. The van der Waals surface area contributed by atoms with Gasteiger partial charge in [0.25, 0.3) is 0 Å². The lowest BCUT2D eigenvalue weighted by molar-refractivity contribution is -0.120. The molecule has 6 nitrogen and oxygen atoms in total. The summed E-state index contributed by atoms with van der Waals surface area (Å²) in [4.78, 5) is 12.7. The van der Waals surface area contributed by atoms with E-state index in [0.29, 0.717) is 34.3 Å². The van der Waals surface area contributed by atoms with E-state index in [1.54, 1.807) is 36.4 Å². The van der Waals surface area contributed by atoms with Gasteiger partial charge in [-0.3, -0.25) is 4.79 Å². The Hall–Kier alpha value is -1.80. The number of rotatable bonds is 5. The molecule has 0 spiro atoms. The fraction of sp³-hybridized carbons (Fsp3) is 0.350. The average molecular weight is 457 g/mol. The summed E-state index contributed by atoms with van der Waals surface area (Å²) in [5.41, 5.74) is 1.32. The van der Waals surface area contributed by atoms with Crippen molar-refractivity contribution in [2.45, 2.75) is 24.7 Å². The van der Waals surface area contributed by atoms with Crippen LogP contribution in [0.15, 0.2) is 41.3 Å². The first-order valence-electron chi connectivity index (χ1n) is 9.13. The van der Waals surface area contributed by atoms with E-state index in [9.17, 15) is 13.2 Å². The number of nitrogens with one attached hydrogen (secondary N) is 1. The Morgan fingerprint density at radius 2 is 1.83 bits per heavy atom. The van der Waals surface area contributed by atoms with Gasteiger partial charge in [0, 0.05) is 24.0 Å². The third-order valence-corrected chi connectivity index (χ3v) is 7.42. The molecule has 1 amide bonds. The number of ether oxygens (including phenoxy) is 1. The Kier molecular flexibility index (Phi) is 6.73. The summed E-state index contributed by atoms with van der Waals surface area (Å²) in [5.74, 6) is -0.167. The number of benzene rings is 2. The molecule has 1 aliphatic rings. The second-order valence-electron chi connectivity index (χ2n) is 6.95. The molecule has 0 bridgehead atoms. The predicted octanol–water partition coefficient (Wildman–Crippen LogP) is 4.35. The van der Waals surface area contributed by atoms with Crippen LogP contribution in [0, 0.1) is 12.8 Å². The number of amides is 1. The van der Waals surface area contributed by atoms with Crippen LogP contribution in [0.25, 0.3) is 0 Å². The molecule has 0 unspecified atom stereocenters. The molecule has 0 aliphatic carbocycles. The number of carbonyl (C=O) groups is 1. The van der Waals surface area contributed by atoms with Gasteiger partial charge in [0.1, 0.15) is 10.6 Å². The second-order valence-corrected chi connectivity index (χ2v) is 9.70. The van der Waals surface area contributed by atoms with Gasteiger partial charge in [0.15, 0.2) is 0 Å². The standard InChI is InChI=1S/C20H22Cl2N2O4S/c1-13-3-6-18(28-2)19(11-13)29(26,27)24-9-7-14(8-10-24)20(25)23-17-5-4-15(21)12-16(17)22/h3-6,11-12,14H,7-10H2,1-2H3,(H,23,25). The van der Waals surface area contributed by atoms with Crippen molar-refractivity contribution in [2.24, 2.45) is 5.92 Å². The van der Waals surface area contributed by atoms with Crippen molar-refractivity contribution in [1.82, 2.24) is 4.31 Å². The maximum Gasteiger partial charge on any atom is 0.246 e. The van der Waals surface area contributed by atoms with Crippen molar-refractivity contribution in [3.63, 3.8) is 0 Å². The normalized spacial score (nSPS) is 15.9. The van der Waals surface area contributed by atoms with Crippen LogP contribution in [0.4, 0.5) is 5.69 Å². The van der Waals surface area contributed by atoms with E-state index in [1.165, 1.54) is 11.4 Å². The lowest BCUT2D eigenvalue weighted by atomic mass is 9.97. The molecule has 1 N–H and O–H groups in total. The first-order valence-corrected chi connectivity index (χ1v) is 11.3. The number of carbonyl (C=O) groups excluding carboxylic acids is 1. The molecule has 3 rings (SSSR count). The highest BCUT2D eigenvalue weighted by Crippen LogP contribution is 2.31. The van der Waals surface area contributed by atoms with E-state index in [1.807, 2.05) is 6.92 Å². The summed E-state index contributed by atoms with van der Waals surface area (Å²) in [6, 6.07) is 9.91. The predicted molar refractivity (Wildman–Crippen MR) is 114 cm³/mol. The largest absolute Gasteiger partial charge is 0.495 e. The molecule has 29 heavy (non-hydrogen) atoms. The van der Waals surface area contributed by atoms with E-state index < -0.39 is 10.0 Å². The number of anilines is 1. The van der Waals surface area contributed by atoms with Crippen LogP contribution in [0.5, 0.6) is 5.75 Å². The van der Waals surface area contributed by atoms with Crippen molar-refractivity contribution in [3.05, 3.63) is 52.0 Å². The first kappa shape index (κ1) is 21.9. The van der Waals surface area contributed by atoms with Gasteiger partial charge < -0.3 is 10.1 Å².